The Hall–Kier alpha value is -1.70. The van der Waals surface area contributed by atoms with Gasteiger partial charge in [-0.2, -0.15) is 0 Å². The van der Waals surface area contributed by atoms with Crippen LogP contribution in [0.2, 0.25) is 0 Å². The van der Waals surface area contributed by atoms with Gasteiger partial charge in [0.25, 0.3) is 0 Å². The molecule has 7 heteroatoms. The maximum atomic E-state index is 5.61. The zero-order valence-electron chi connectivity index (χ0n) is 12.6. The maximum Gasteiger partial charge on any atom is 0.170 e. The number of halogens is 1. The maximum absolute atomic E-state index is 5.61. The van der Waals surface area contributed by atoms with E-state index in [4.69, 9.17) is 16.6 Å². The molecule has 0 spiro atoms. The SMILES string of the molecule is S=C1N[C@@H](c2ccccn2)[C@@H](c2ccc(Br)s2)N1Cc1ccco1. The molecule has 1 fully saturated rings. The summed E-state index contributed by atoms with van der Waals surface area (Å²) in [5, 5.41) is 4.15. The summed E-state index contributed by atoms with van der Waals surface area (Å²) in [7, 11) is 0. The third-order valence-electron chi connectivity index (χ3n) is 3.99. The first-order chi connectivity index (χ1) is 11.7. The van der Waals surface area contributed by atoms with Crippen molar-refractivity contribution in [1.29, 1.82) is 0 Å². The van der Waals surface area contributed by atoms with Crippen molar-refractivity contribution in [3.8, 4) is 0 Å². The molecule has 3 aromatic rings. The summed E-state index contributed by atoms with van der Waals surface area (Å²) in [6, 6.07) is 14.1. The average Bonchev–Trinajstić information content (AvgIpc) is 3.31. The minimum absolute atomic E-state index is 0.0132. The molecule has 2 atom stereocenters. The number of thiocarbonyl (C=S) groups is 1. The topological polar surface area (TPSA) is 41.3 Å². The van der Waals surface area contributed by atoms with Crippen LogP contribution in [0.15, 0.2) is 63.1 Å². The molecule has 0 amide bonds. The van der Waals surface area contributed by atoms with Crippen LogP contribution in [0, 0.1) is 0 Å². The summed E-state index contributed by atoms with van der Waals surface area (Å²) in [4.78, 5) is 7.94. The molecule has 0 radical (unpaired) electrons. The molecule has 1 aliphatic rings. The fourth-order valence-electron chi connectivity index (χ4n) is 2.94. The van der Waals surface area contributed by atoms with Gasteiger partial charge in [-0.15, -0.1) is 11.3 Å². The van der Waals surface area contributed by atoms with Gasteiger partial charge < -0.3 is 14.6 Å². The summed E-state index contributed by atoms with van der Waals surface area (Å²) in [5.41, 5.74) is 0.983. The Labute approximate surface area is 157 Å². The van der Waals surface area contributed by atoms with E-state index in [1.807, 2.05) is 36.5 Å². The molecule has 0 aromatic carbocycles. The molecular weight excluding hydrogens is 406 g/mol. The summed E-state index contributed by atoms with van der Waals surface area (Å²) in [6.07, 6.45) is 3.51. The Morgan fingerprint density at radius 2 is 2.17 bits per heavy atom. The molecule has 4 nitrogen and oxygen atoms in total. The Morgan fingerprint density at radius 3 is 2.83 bits per heavy atom. The molecule has 4 heterocycles. The lowest BCUT2D eigenvalue weighted by Crippen LogP contribution is -2.28. The van der Waals surface area contributed by atoms with E-state index >= 15 is 0 Å². The van der Waals surface area contributed by atoms with Crippen molar-refractivity contribution in [2.75, 3.05) is 0 Å². The smallest absolute Gasteiger partial charge is 0.170 e. The molecule has 1 N–H and O–H groups in total. The van der Waals surface area contributed by atoms with Gasteiger partial charge in [-0.3, -0.25) is 4.98 Å². The van der Waals surface area contributed by atoms with E-state index in [1.165, 1.54) is 4.88 Å². The van der Waals surface area contributed by atoms with Crippen LogP contribution in [-0.2, 0) is 6.54 Å². The fourth-order valence-corrected chi connectivity index (χ4v) is 4.82. The Kier molecular flexibility index (Phi) is 4.39. The van der Waals surface area contributed by atoms with E-state index < -0.39 is 0 Å². The number of nitrogens with one attached hydrogen (secondary N) is 1. The van der Waals surface area contributed by atoms with Gasteiger partial charge in [0.05, 0.1) is 34.4 Å². The monoisotopic (exact) mass is 419 g/mol. The molecule has 122 valence electrons. The van der Waals surface area contributed by atoms with Crippen molar-refractivity contribution >= 4 is 44.6 Å². The van der Waals surface area contributed by atoms with Crippen molar-refractivity contribution in [3.63, 3.8) is 0 Å². The lowest BCUT2D eigenvalue weighted by Gasteiger charge is -2.26. The number of hydrogen-bond donors (Lipinski definition) is 1. The van der Waals surface area contributed by atoms with Crippen molar-refractivity contribution in [1.82, 2.24) is 15.2 Å². The number of thiophene rings is 1. The van der Waals surface area contributed by atoms with E-state index in [-0.39, 0.29) is 12.1 Å². The number of furan rings is 1. The van der Waals surface area contributed by atoms with E-state index in [1.54, 1.807) is 17.6 Å². The first-order valence-electron chi connectivity index (χ1n) is 7.48. The molecule has 0 saturated carbocycles. The van der Waals surface area contributed by atoms with Crippen LogP contribution in [-0.4, -0.2) is 15.0 Å². The second kappa shape index (κ2) is 6.66. The predicted molar refractivity (Wildman–Crippen MR) is 102 cm³/mol. The van der Waals surface area contributed by atoms with E-state index in [0.717, 1.165) is 20.4 Å². The Bertz CT molecular complexity index is 835. The summed E-state index contributed by atoms with van der Waals surface area (Å²) in [5.74, 6) is 0.890. The highest BCUT2D eigenvalue weighted by molar-refractivity contribution is 9.11. The molecule has 1 saturated heterocycles. The first kappa shape index (κ1) is 15.8. The van der Waals surface area contributed by atoms with E-state index in [2.05, 4.69) is 43.3 Å². The summed E-state index contributed by atoms with van der Waals surface area (Å²) in [6.45, 7) is 0.627. The van der Waals surface area contributed by atoms with Gasteiger partial charge in [-0.1, -0.05) is 6.07 Å². The molecule has 24 heavy (non-hydrogen) atoms. The van der Waals surface area contributed by atoms with E-state index in [0.29, 0.717) is 6.54 Å². The third kappa shape index (κ3) is 2.99. The normalized spacial score (nSPS) is 20.4. The molecule has 0 unspecified atom stereocenters. The minimum atomic E-state index is 0.0132. The standard InChI is InChI=1S/C17H14BrN3OS2/c18-14-7-6-13(24-14)16-15(12-5-1-2-8-19-12)20-17(23)21(16)10-11-4-3-9-22-11/h1-9,15-16H,10H2,(H,20,23)/t15-,16+/m0/s1. The van der Waals surface area contributed by atoms with Gasteiger partial charge in [0.2, 0.25) is 0 Å². The zero-order valence-corrected chi connectivity index (χ0v) is 15.8. The van der Waals surface area contributed by atoms with Crippen molar-refractivity contribution in [3.05, 3.63) is 75.0 Å². The van der Waals surface area contributed by atoms with Crippen molar-refractivity contribution < 1.29 is 4.42 Å². The van der Waals surface area contributed by atoms with Crippen LogP contribution in [0.4, 0.5) is 0 Å². The second-order valence-electron chi connectivity index (χ2n) is 5.48. The second-order valence-corrected chi connectivity index (χ2v) is 8.36. The highest BCUT2D eigenvalue weighted by atomic mass is 79.9. The Morgan fingerprint density at radius 1 is 1.25 bits per heavy atom. The number of rotatable bonds is 4. The van der Waals surface area contributed by atoms with Gasteiger partial charge in [0.15, 0.2) is 5.11 Å². The fraction of sp³-hybridized carbons (Fsp3) is 0.176. The quantitative estimate of drug-likeness (QED) is 0.622. The summed E-state index contributed by atoms with van der Waals surface area (Å²) >= 11 is 10.9. The average molecular weight is 420 g/mol. The summed E-state index contributed by atoms with van der Waals surface area (Å²) < 4.78 is 6.63. The molecule has 0 aliphatic carbocycles. The molecular formula is C17H14BrN3OS2. The van der Waals surface area contributed by atoms with Crippen LogP contribution in [0.25, 0.3) is 0 Å². The van der Waals surface area contributed by atoms with Crippen LogP contribution >= 0.6 is 39.5 Å². The number of hydrogen-bond acceptors (Lipinski definition) is 4. The van der Waals surface area contributed by atoms with Gasteiger partial charge in [0.1, 0.15) is 5.76 Å². The largest absolute Gasteiger partial charge is 0.467 e. The van der Waals surface area contributed by atoms with E-state index in [9.17, 15) is 0 Å². The number of aromatic nitrogens is 1. The highest BCUT2D eigenvalue weighted by Crippen LogP contribution is 2.42. The zero-order chi connectivity index (χ0) is 16.5. The minimum Gasteiger partial charge on any atom is -0.467 e. The highest BCUT2D eigenvalue weighted by Gasteiger charge is 2.40. The Balaban J connectivity index is 1.73. The van der Waals surface area contributed by atoms with Crippen molar-refractivity contribution in [2.45, 2.75) is 18.6 Å². The van der Waals surface area contributed by atoms with Gasteiger partial charge in [-0.05, 0) is 64.5 Å². The van der Waals surface area contributed by atoms with Gasteiger partial charge >= 0.3 is 0 Å². The first-order valence-corrected chi connectivity index (χ1v) is 9.50. The number of nitrogens with zero attached hydrogens (tertiary/aromatic N) is 2. The molecule has 1 aliphatic heterocycles. The predicted octanol–water partition coefficient (Wildman–Crippen LogP) is 4.67. The van der Waals surface area contributed by atoms with Gasteiger partial charge in [-0.25, -0.2) is 0 Å². The molecule has 4 rings (SSSR count). The lowest BCUT2D eigenvalue weighted by molar-refractivity contribution is 0.291. The van der Waals surface area contributed by atoms with Crippen LogP contribution in [0.1, 0.15) is 28.4 Å². The van der Waals surface area contributed by atoms with Crippen LogP contribution in [0.5, 0.6) is 0 Å². The molecule has 0 bridgehead atoms. The molecule has 3 aromatic heterocycles. The van der Waals surface area contributed by atoms with Crippen LogP contribution in [0.3, 0.4) is 0 Å². The van der Waals surface area contributed by atoms with Crippen LogP contribution < -0.4 is 5.32 Å². The third-order valence-corrected chi connectivity index (χ3v) is 6.04. The lowest BCUT2D eigenvalue weighted by atomic mass is 10.0. The number of pyridine rings is 1. The van der Waals surface area contributed by atoms with Gasteiger partial charge in [0, 0.05) is 11.1 Å². The van der Waals surface area contributed by atoms with Crippen molar-refractivity contribution in [2.24, 2.45) is 0 Å².